The van der Waals surface area contributed by atoms with E-state index >= 15 is 0 Å². The summed E-state index contributed by atoms with van der Waals surface area (Å²) >= 11 is 12.7. The highest BCUT2D eigenvalue weighted by Crippen LogP contribution is 2.38. The Morgan fingerprint density at radius 3 is 2.64 bits per heavy atom. The first-order valence-corrected chi connectivity index (χ1v) is 9.29. The smallest absolute Gasteiger partial charge is 0.224 e. The Hall–Kier alpha value is -1.55. The molecule has 2 aromatic carbocycles. The second-order valence-corrected chi connectivity index (χ2v) is 7.47. The monoisotopic (exact) mass is 376 g/mol. The van der Waals surface area contributed by atoms with Crippen LogP contribution >= 0.6 is 23.2 Å². The van der Waals surface area contributed by atoms with Crippen molar-refractivity contribution in [3.8, 4) is 0 Å². The van der Waals surface area contributed by atoms with Crippen LogP contribution in [0.15, 0.2) is 36.4 Å². The van der Waals surface area contributed by atoms with E-state index in [0.29, 0.717) is 11.4 Å². The van der Waals surface area contributed by atoms with Crippen LogP contribution < -0.4 is 5.32 Å². The zero-order valence-electron chi connectivity index (χ0n) is 14.5. The molecule has 5 heteroatoms. The molecule has 1 unspecified atom stereocenters. The summed E-state index contributed by atoms with van der Waals surface area (Å²) in [6, 6.07) is 11.9. The predicted molar refractivity (Wildman–Crippen MR) is 105 cm³/mol. The number of nitrogens with zero attached hydrogens (tertiary/aromatic N) is 1. The van der Waals surface area contributed by atoms with E-state index in [-0.39, 0.29) is 11.8 Å². The normalized spacial score (nSPS) is 17.2. The van der Waals surface area contributed by atoms with Crippen LogP contribution in [0.5, 0.6) is 0 Å². The Balaban J connectivity index is 1.88. The summed E-state index contributed by atoms with van der Waals surface area (Å²) in [5.41, 5.74) is 4.36. The molecule has 132 valence electrons. The molecule has 1 heterocycles. The van der Waals surface area contributed by atoms with Crippen LogP contribution in [0, 0.1) is 0 Å². The first-order valence-electron chi connectivity index (χ1n) is 8.54. The zero-order valence-corrected chi connectivity index (χ0v) is 16.0. The molecule has 0 saturated carbocycles. The SMILES string of the molecule is CCCC(=O)Nc1ccc(C2CN(C)Cc3c(Cl)cc(Cl)cc32)cc1. The molecule has 0 spiro atoms. The third-order valence-corrected chi connectivity index (χ3v) is 5.12. The number of benzene rings is 2. The lowest BCUT2D eigenvalue weighted by Crippen LogP contribution is -2.31. The maximum Gasteiger partial charge on any atom is 0.224 e. The van der Waals surface area contributed by atoms with Gasteiger partial charge in [-0.25, -0.2) is 0 Å². The molecule has 1 aliphatic rings. The van der Waals surface area contributed by atoms with Crippen molar-refractivity contribution in [1.29, 1.82) is 0 Å². The first kappa shape index (κ1) is 18.2. The van der Waals surface area contributed by atoms with Crippen molar-refractivity contribution in [2.45, 2.75) is 32.2 Å². The van der Waals surface area contributed by atoms with E-state index in [4.69, 9.17) is 23.2 Å². The molecular weight excluding hydrogens is 355 g/mol. The molecule has 0 aliphatic carbocycles. The first-order chi connectivity index (χ1) is 12.0. The Kier molecular flexibility index (Phi) is 5.67. The number of nitrogens with one attached hydrogen (secondary N) is 1. The van der Waals surface area contributed by atoms with Gasteiger partial charge in [0.05, 0.1) is 0 Å². The van der Waals surface area contributed by atoms with E-state index in [0.717, 1.165) is 35.8 Å². The third kappa shape index (κ3) is 4.17. The van der Waals surface area contributed by atoms with Crippen LogP contribution in [0.3, 0.4) is 0 Å². The summed E-state index contributed by atoms with van der Waals surface area (Å²) in [7, 11) is 2.10. The van der Waals surface area contributed by atoms with E-state index in [1.807, 2.05) is 31.2 Å². The number of hydrogen-bond donors (Lipinski definition) is 1. The quantitative estimate of drug-likeness (QED) is 0.783. The highest BCUT2D eigenvalue weighted by Gasteiger charge is 2.27. The van der Waals surface area contributed by atoms with Crippen LogP contribution in [-0.4, -0.2) is 24.4 Å². The van der Waals surface area contributed by atoms with Crippen molar-refractivity contribution in [3.63, 3.8) is 0 Å². The van der Waals surface area contributed by atoms with Crippen molar-refractivity contribution in [3.05, 3.63) is 63.1 Å². The minimum Gasteiger partial charge on any atom is -0.326 e. The summed E-state index contributed by atoms with van der Waals surface area (Å²) in [6.45, 7) is 3.73. The van der Waals surface area contributed by atoms with E-state index < -0.39 is 0 Å². The van der Waals surface area contributed by atoms with Crippen molar-refractivity contribution in [1.82, 2.24) is 4.90 Å². The van der Waals surface area contributed by atoms with Gasteiger partial charge in [0.1, 0.15) is 0 Å². The summed E-state index contributed by atoms with van der Waals surface area (Å²) < 4.78 is 0. The van der Waals surface area contributed by atoms with E-state index in [2.05, 4.69) is 29.4 Å². The Labute approximate surface area is 158 Å². The van der Waals surface area contributed by atoms with Gasteiger partial charge in [-0.05, 0) is 54.4 Å². The van der Waals surface area contributed by atoms with Gasteiger partial charge in [0.15, 0.2) is 0 Å². The van der Waals surface area contributed by atoms with E-state index in [1.54, 1.807) is 0 Å². The van der Waals surface area contributed by atoms with Crippen LogP contribution in [0.4, 0.5) is 5.69 Å². The Bertz CT molecular complexity index is 774. The van der Waals surface area contributed by atoms with Gasteiger partial charge >= 0.3 is 0 Å². The molecule has 0 saturated heterocycles. The molecule has 1 aliphatic heterocycles. The number of fused-ring (bicyclic) bond motifs is 1. The predicted octanol–water partition coefficient (Wildman–Crippen LogP) is 5.31. The Morgan fingerprint density at radius 1 is 1.24 bits per heavy atom. The van der Waals surface area contributed by atoms with Crippen molar-refractivity contribution in [2.24, 2.45) is 0 Å². The lowest BCUT2D eigenvalue weighted by molar-refractivity contribution is -0.116. The zero-order chi connectivity index (χ0) is 18.0. The van der Waals surface area contributed by atoms with Crippen LogP contribution in [-0.2, 0) is 11.3 Å². The summed E-state index contributed by atoms with van der Waals surface area (Å²) in [6.07, 6.45) is 1.39. The highest BCUT2D eigenvalue weighted by atomic mass is 35.5. The number of rotatable bonds is 4. The molecular formula is C20H22Cl2N2O. The Morgan fingerprint density at radius 2 is 1.96 bits per heavy atom. The van der Waals surface area contributed by atoms with Crippen molar-refractivity contribution in [2.75, 3.05) is 18.9 Å². The second kappa shape index (κ2) is 7.77. The molecule has 2 aromatic rings. The van der Waals surface area contributed by atoms with Gasteiger partial charge in [-0.15, -0.1) is 0 Å². The number of hydrogen-bond acceptors (Lipinski definition) is 2. The number of anilines is 1. The number of carbonyl (C=O) groups excluding carboxylic acids is 1. The largest absolute Gasteiger partial charge is 0.326 e. The summed E-state index contributed by atoms with van der Waals surface area (Å²) in [5.74, 6) is 0.266. The van der Waals surface area contributed by atoms with Gasteiger partial charge in [0, 0.05) is 41.2 Å². The van der Waals surface area contributed by atoms with Gasteiger partial charge in [0.25, 0.3) is 0 Å². The third-order valence-electron chi connectivity index (χ3n) is 4.57. The maximum absolute atomic E-state index is 11.7. The van der Waals surface area contributed by atoms with Gasteiger partial charge in [-0.3, -0.25) is 4.79 Å². The molecule has 1 N–H and O–H groups in total. The van der Waals surface area contributed by atoms with E-state index in [9.17, 15) is 4.79 Å². The molecule has 1 atom stereocenters. The van der Waals surface area contributed by atoms with Crippen molar-refractivity contribution >= 4 is 34.8 Å². The molecule has 3 nitrogen and oxygen atoms in total. The molecule has 0 bridgehead atoms. The van der Waals surface area contributed by atoms with Gasteiger partial charge < -0.3 is 10.2 Å². The number of halogens is 2. The number of carbonyl (C=O) groups is 1. The minimum absolute atomic E-state index is 0.0524. The van der Waals surface area contributed by atoms with Crippen molar-refractivity contribution < 1.29 is 4.79 Å². The fourth-order valence-corrected chi connectivity index (χ4v) is 3.95. The average Bonchev–Trinajstić information content (AvgIpc) is 2.56. The standard InChI is InChI=1S/C20H22Cl2N2O/c1-3-4-20(25)23-15-7-5-13(6-8-15)17-11-24(2)12-18-16(17)9-14(21)10-19(18)22/h5-10,17H,3-4,11-12H2,1-2H3,(H,23,25). The maximum atomic E-state index is 11.7. The topological polar surface area (TPSA) is 32.3 Å². The fourth-order valence-electron chi connectivity index (χ4n) is 3.38. The highest BCUT2D eigenvalue weighted by molar-refractivity contribution is 6.35. The van der Waals surface area contributed by atoms with E-state index in [1.165, 1.54) is 11.1 Å². The second-order valence-electron chi connectivity index (χ2n) is 6.62. The minimum atomic E-state index is 0.0524. The van der Waals surface area contributed by atoms with Gasteiger partial charge in [-0.2, -0.15) is 0 Å². The molecule has 0 fully saturated rings. The molecule has 0 aromatic heterocycles. The molecule has 3 rings (SSSR count). The fraction of sp³-hybridized carbons (Fsp3) is 0.350. The van der Waals surface area contributed by atoms with Crippen LogP contribution in [0.25, 0.3) is 0 Å². The van der Waals surface area contributed by atoms with Gasteiger partial charge in [0.2, 0.25) is 5.91 Å². The summed E-state index contributed by atoms with van der Waals surface area (Å²) in [5, 5.41) is 4.32. The molecule has 0 radical (unpaired) electrons. The lowest BCUT2D eigenvalue weighted by atomic mass is 9.84. The lowest BCUT2D eigenvalue weighted by Gasteiger charge is -2.33. The van der Waals surface area contributed by atoms with Crippen LogP contribution in [0.2, 0.25) is 10.0 Å². The van der Waals surface area contributed by atoms with Crippen LogP contribution in [0.1, 0.15) is 42.4 Å². The molecule has 25 heavy (non-hydrogen) atoms. The average molecular weight is 377 g/mol. The molecule has 1 amide bonds. The number of likely N-dealkylation sites (N-methyl/N-ethyl adjacent to an activating group) is 1. The van der Waals surface area contributed by atoms with Gasteiger partial charge in [-0.1, -0.05) is 42.3 Å². The summed E-state index contributed by atoms with van der Waals surface area (Å²) in [4.78, 5) is 14.0. The number of amides is 1.